The molecule has 4 nitrogen and oxygen atoms in total. The molecule has 0 spiro atoms. The first-order valence-electron chi connectivity index (χ1n) is 4.82. The maximum atomic E-state index is 5.58. The van der Waals surface area contributed by atoms with E-state index in [1.54, 1.807) is 7.11 Å². The predicted octanol–water partition coefficient (Wildman–Crippen LogP) is -0.0368. The van der Waals surface area contributed by atoms with Crippen molar-refractivity contribution >= 4 is 0 Å². The van der Waals surface area contributed by atoms with Crippen molar-refractivity contribution in [3.8, 4) is 0 Å². The van der Waals surface area contributed by atoms with Crippen LogP contribution in [0.3, 0.4) is 0 Å². The molecule has 0 aliphatic rings. The number of ether oxygens (including phenoxy) is 2. The van der Waals surface area contributed by atoms with Gasteiger partial charge in [0.15, 0.2) is 0 Å². The van der Waals surface area contributed by atoms with Crippen LogP contribution >= 0.6 is 0 Å². The van der Waals surface area contributed by atoms with Gasteiger partial charge in [0, 0.05) is 7.11 Å². The van der Waals surface area contributed by atoms with Crippen LogP contribution in [-0.4, -0.2) is 40.0 Å². The van der Waals surface area contributed by atoms with Crippen LogP contribution in [0.4, 0.5) is 0 Å². The van der Waals surface area contributed by atoms with Gasteiger partial charge in [-0.05, 0) is 31.8 Å². The Bertz CT molecular complexity index is 102. The lowest BCUT2D eigenvalue weighted by Crippen LogP contribution is -2.21. The van der Waals surface area contributed by atoms with Crippen molar-refractivity contribution in [2.45, 2.75) is 12.8 Å². The summed E-state index contributed by atoms with van der Waals surface area (Å²) in [5.41, 5.74) is 11.0. The van der Waals surface area contributed by atoms with Gasteiger partial charge in [0.05, 0.1) is 19.8 Å². The van der Waals surface area contributed by atoms with Gasteiger partial charge in [0.25, 0.3) is 0 Å². The Morgan fingerprint density at radius 1 is 1.23 bits per heavy atom. The molecule has 4 heteroatoms. The van der Waals surface area contributed by atoms with Gasteiger partial charge < -0.3 is 20.9 Å². The normalized spacial score (nSPS) is 13.2. The van der Waals surface area contributed by atoms with Crippen LogP contribution < -0.4 is 11.5 Å². The van der Waals surface area contributed by atoms with E-state index in [4.69, 9.17) is 20.9 Å². The minimum absolute atomic E-state index is 0.445. The molecule has 0 bridgehead atoms. The second-order valence-electron chi connectivity index (χ2n) is 3.10. The molecule has 0 fully saturated rings. The molecule has 0 saturated carbocycles. The van der Waals surface area contributed by atoms with Crippen molar-refractivity contribution < 1.29 is 9.47 Å². The average Bonchev–Trinajstić information content (AvgIpc) is 2.17. The monoisotopic (exact) mass is 190 g/mol. The first kappa shape index (κ1) is 12.8. The molecule has 0 aromatic heterocycles. The quantitative estimate of drug-likeness (QED) is 0.501. The number of nitrogens with two attached hydrogens (primary N) is 2. The summed E-state index contributed by atoms with van der Waals surface area (Å²) in [5.74, 6) is 0.445. The Labute approximate surface area is 80.6 Å². The maximum absolute atomic E-state index is 5.58. The summed E-state index contributed by atoms with van der Waals surface area (Å²) in [7, 11) is 1.66. The number of hydrogen-bond donors (Lipinski definition) is 2. The van der Waals surface area contributed by atoms with Gasteiger partial charge in [0.1, 0.15) is 0 Å². The van der Waals surface area contributed by atoms with Crippen LogP contribution in [0.1, 0.15) is 12.8 Å². The second kappa shape index (κ2) is 9.92. The van der Waals surface area contributed by atoms with Crippen molar-refractivity contribution in [2.24, 2.45) is 17.4 Å². The molecule has 0 aliphatic carbocycles. The van der Waals surface area contributed by atoms with E-state index in [1.165, 1.54) is 0 Å². The largest absolute Gasteiger partial charge is 0.382 e. The van der Waals surface area contributed by atoms with Crippen molar-refractivity contribution in [1.29, 1.82) is 0 Å². The summed E-state index contributed by atoms with van der Waals surface area (Å²) in [6.07, 6.45) is 2.08. The molecule has 0 amide bonds. The van der Waals surface area contributed by atoms with E-state index in [2.05, 4.69) is 0 Å². The van der Waals surface area contributed by atoms with Gasteiger partial charge in [-0.3, -0.25) is 0 Å². The van der Waals surface area contributed by atoms with E-state index in [9.17, 15) is 0 Å². The SMILES string of the molecule is COCCOCC(CN)CCCN. The van der Waals surface area contributed by atoms with E-state index < -0.39 is 0 Å². The number of rotatable bonds is 9. The minimum Gasteiger partial charge on any atom is -0.382 e. The maximum Gasteiger partial charge on any atom is 0.0700 e. The van der Waals surface area contributed by atoms with E-state index in [1.807, 2.05) is 0 Å². The summed E-state index contributed by atoms with van der Waals surface area (Å²) in [6, 6.07) is 0. The molecule has 0 rings (SSSR count). The lowest BCUT2D eigenvalue weighted by atomic mass is 10.1. The first-order valence-corrected chi connectivity index (χ1v) is 4.82. The molecule has 1 unspecified atom stereocenters. The van der Waals surface area contributed by atoms with Crippen LogP contribution in [0.5, 0.6) is 0 Å². The highest BCUT2D eigenvalue weighted by Gasteiger charge is 2.05. The van der Waals surface area contributed by atoms with Gasteiger partial charge in [-0.25, -0.2) is 0 Å². The zero-order valence-corrected chi connectivity index (χ0v) is 8.50. The molecule has 0 aromatic carbocycles. The van der Waals surface area contributed by atoms with E-state index in [0.717, 1.165) is 26.0 Å². The highest BCUT2D eigenvalue weighted by atomic mass is 16.5. The topological polar surface area (TPSA) is 70.5 Å². The molecule has 0 radical (unpaired) electrons. The van der Waals surface area contributed by atoms with Crippen molar-refractivity contribution in [3.05, 3.63) is 0 Å². The molecule has 1 atom stereocenters. The first-order chi connectivity index (χ1) is 6.35. The zero-order valence-electron chi connectivity index (χ0n) is 8.50. The molecule has 80 valence electrons. The summed E-state index contributed by atoms with van der Waals surface area (Å²) in [4.78, 5) is 0. The number of methoxy groups -OCH3 is 1. The summed E-state index contributed by atoms with van der Waals surface area (Å²) < 4.78 is 10.2. The van der Waals surface area contributed by atoms with Gasteiger partial charge in [0.2, 0.25) is 0 Å². The zero-order chi connectivity index (χ0) is 9.94. The van der Waals surface area contributed by atoms with Crippen molar-refractivity contribution in [2.75, 3.05) is 40.0 Å². The lowest BCUT2D eigenvalue weighted by Gasteiger charge is -2.13. The Balaban J connectivity index is 3.25. The van der Waals surface area contributed by atoms with Crippen molar-refractivity contribution in [3.63, 3.8) is 0 Å². The van der Waals surface area contributed by atoms with Crippen LogP contribution in [0.25, 0.3) is 0 Å². The standard InChI is InChI=1S/C9H22N2O2/c1-12-5-6-13-8-9(7-11)3-2-4-10/h9H,2-8,10-11H2,1H3. The van der Waals surface area contributed by atoms with Crippen molar-refractivity contribution in [1.82, 2.24) is 0 Å². The highest BCUT2D eigenvalue weighted by molar-refractivity contribution is 4.59. The highest BCUT2D eigenvalue weighted by Crippen LogP contribution is 2.04. The predicted molar refractivity (Wildman–Crippen MR) is 53.5 cm³/mol. The Morgan fingerprint density at radius 3 is 2.54 bits per heavy atom. The molecule has 4 N–H and O–H groups in total. The third-order valence-electron chi connectivity index (χ3n) is 1.94. The second-order valence-corrected chi connectivity index (χ2v) is 3.10. The average molecular weight is 190 g/mol. The Kier molecular flexibility index (Phi) is 9.80. The van der Waals surface area contributed by atoms with E-state index in [0.29, 0.717) is 25.7 Å². The van der Waals surface area contributed by atoms with Gasteiger partial charge in [-0.15, -0.1) is 0 Å². The third-order valence-corrected chi connectivity index (χ3v) is 1.94. The number of hydrogen-bond acceptors (Lipinski definition) is 4. The van der Waals surface area contributed by atoms with E-state index in [-0.39, 0.29) is 0 Å². The van der Waals surface area contributed by atoms with Gasteiger partial charge in [-0.2, -0.15) is 0 Å². The summed E-state index contributed by atoms with van der Waals surface area (Å²) >= 11 is 0. The molecule has 0 heterocycles. The summed E-state index contributed by atoms with van der Waals surface area (Å²) in [6.45, 7) is 3.42. The minimum atomic E-state index is 0.445. The smallest absolute Gasteiger partial charge is 0.0700 e. The fraction of sp³-hybridized carbons (Fsp3) is 1.00. The lowest BCUT2D eigenvalue weighted by molar-refractivity contribution is 0.0509. The van der Waals surface area contributed by atoms with E-state index >= 15 is 0 Å². The Morgan fingerprint density at radius 2 is 2.00 bits per heavy atom. The summed E-state index contributed by atoms with van der Waals surface area (Å²) in [5, 5.41) is 0. The molecular weight excluding hydrogens is 168 g/mol. The third kappa shape index (κ3) is 8.18. The fourth-order valence-electron chi connectivity index (χ4n) is 1.07. The van der Waals surface area contributed by atoms with Crippen LogP contribution in [0.15, 0.2) is 0 Å². The van der Waals surface area contributed by atoms with Crippen LogP contribution in [0.2, 0.25) is 0 Å². The molecule has 0 saturated heterocycles. The van der Waals surface area contributed by atoms with Crippen LogP contribution in [0, 0.1) is 5.92 Å². The van der Waals surface area contributed by atoms with Gasteiger partial charge >= 0.3 is 0 Å². The molecule has 0 aliphatic heterocycles. The Hall–Kier alpha value is -0.160. The molecule has 0 aromatic rings. The molecule has 13 heavy (non-hydrogen) atoms. The van der Waals surface area contributed by atoms with Gasteiger partial charge in [-0.1, -0.05) is 0 Å². The fourth-order valence-corrected chi connectivity index (χ4v) is 1.07. The van der Waals surface area contributed by atoms with Crippen LogP contribution in [-0.2, 0) is 9.47 Å². The molecular formula is C9H22N2O2.